The van der Waals surface area contributed by atoms with Crippen molar-refractivity contribution in [1.82, 2.24) is 0 Å². The number of methoxy groups -OCH3 is 1. The van der Waals surface area contributed by atoms with Gasteiger partial charge in [-0.2, -0.15) is 0 Å². The Morgan fingerprint density at radius 2 is 2.11 bits per heavy atom. The Kier molecular flexibility index (Phi) is 4.82. The van der Waals surface area contributed by atoms with Crippen molar-refractivity contribution in [3.63, 3.8) is 0 Å². The number of ketones is 1. The van der Waals surface area contributed by atoms with E-state index in [1.54, 1.807) is 19.2 Å². The fraction of sp³-hybridized carbons (Fsp3) is 0.500. The molecule has 0 heterocycles. The summed E-state index contributed by atoms with van der Waals surface area (Å²) in [5, 5.41) is 0. The molecule has 19 heavy (non-hydrogen) atoms. The maximum absolute atomic E-state index is 12.0. The second kappa shape index (κ2) is 6.39. The second-order valence-corrected chi connectivity index (χ2v) is 5.46. The Labute approximate surface area is 121 Å². The predicted molar refractivity (Wildman–Crippen MR) is 77.0 cm³/mol. The van der Waals surface area contributed by atoms with Gasteiger partial charge in [0.1, 0.15) is 0 Å². The van der Waals surface area contributed by atoms with Gasteiger partial charge in [-0.15, -0.1) is 0 Å². The quantitative estimate of drug-likeness (QED) is 0.844. The van der Waals surface area contributed by atoms with Gasteiger partial charge in [-0.05, 0) is 53.7 Å². The molecule has 5 heteroatoms. The second-order valence-electron chi connectivity index (χ2n) is 4.61. The van der Waals surface area contributed by atoms with Crippen LogP contribution in [0.1, 0.15) is 36.0 Å². The van der Waals surface area contributed by atoms with Crippen LogP contribution in [0.15, 0.2) is 16.6 Å². The van der Waals surface area contributed by atoms with Crippen molar-refractivity contribution in [2.75, 3.05) is 13.7 Å². The van der Waals surface area contributed by atoms with Crippen molar-refractivity contribution in [1.29, 1.82) is 0 Å². The lowest BCUT2D eigenvalue weighted by atomic mass is 10.1. The van der Waals surface area contributed by atoms with Crippen LogP contribution in [-0.2, 0) is 0 Å². The number of hydrogen-bond acceptors (Lipinski definition) is 4. The van der Waals surface area contributed by atoms with Gasteiger partial charge in [-0.25, -0.2) is 0 Å². The molecule has 1 aromatic carbocycles. The van der Waals surface area contributed by atoms with Crippen molar-refractivity contribution in [2.45, 2.75) is 31.8 Å². The molecule has 2 N–H and O–H groups in total. The maximum Gasteiger partial charge on any atom is 0.181 e. The molecule has 2 rings (SSSR count). The normalized spacial score (nSPS) is 15.5. The summed E-state index contributed by atoms with van der Waals surface area (Å²) in [6.45, 7) is -0.0488. The van der Waals surface area contributed by atoms with Crippen LogP contribution in [0.25, 0.3) is 0 Å². The number of benzene rings is 1. The Balaban J connectivity index is 2.40. The van der Waals surface area contributed by atoms with Crippen molar-refractivity contribution in [2.24, 2.45) is 5.73 Å². The molecule has 0 saturated heterocycles. The third-order valence-electron chi connectivity index (χ3n) is 3.34. The number of Topliss-reactive ketones (excluding diaryl/α,β-unsaturated/α-hetero) is 1. The zero-order valence-corrected chi connectivity index (χ0v) is 12.5. The Hall–Kier alpha value is -1.07. The van der Waals surface area contributed by atoms with E-state index in [4.69, 9.17) is 15.2 Å². The van der Waals surface area contributed by atoms with E-state index in [0.717, 1.165) is 12.8 Å². The molecule has 1 aromatic rings. The van der Waals surface area contributed by atoms with Gasteiger partial charge in [-0.3, -0.25) is 4.79 Å². The lowest BCUT2D eigenvalue weighted by molar-refractivity contribution is 0.0992. The number of rotatable bonds is 5. The number of carbonyl (C=O) groups is 1. The summed E-state index contributed by atoms with van der Waals surface area (Å²) in [5.41, 5.74) is 5.96. The largest absolute Gasteiger partial charge is 0.493 e. The minimum Gasteiger partial charge on any atom is -0.493 e. The van der Waals surface area contributed by atoms with Crippen molar-refractivity contribution in [3.8, 4) is 11.5 Å². The zero-order chi connectivity index (χ0) is 13.8. The molecule has 0 atom stereocenters. The summed E-state index contributed by atoms with van der Waals surface area (Å²) in [6, 6.07) is 3.57. The summed E-state index contributed by atoms with van der Waals surface area (Å²) in [4.78, 5) is 12.0. The summed E-state index contributed by atoms with van der Waals surface area (Å²) in [7, 11) is 1.57. The predicted octanol–water partition coefficient (Wildman–Crippen LogP) is 2.92. The Morgan fingerprint density at radius 3 is 2.68 bits per heavy atom. The third kappa shape index (κ3) is 3.09. The molecule has 0 amide bonds. The van der Waals surface area contributed by atoms with Crippen molar-refractivity contribution >= 4 is 21.7 Å². The van der Waals surface area contributed by atoms with E-state index in [1.165, 1.54) is 12.8 Å². The van der Waals surface area contributed by atoms with Gasteiger partial charge in [0.2, 0.25) is 0 Å². The van der Waals surface area contributed by atoms with Gasteiger partial charge in [-0.1, -0.05) is 0 Å². The van der Waals surface area contributed by atoms with Gasteiger partial charge >= 0.3 is 0 Å². The summed E-state index contributed by atoms with van der Waals surface area (Å²) < 4.78 is 12.0. The number of carbonyl (C=O) groups excluding carboxylic acids is 1. The molecule has 1 fully saturated rings. The molecule has 0 aliphatic heterocycles. The fourth-order valence-corrected chi connectivity index (χ4v) is 2.89. The van der Waals surface area contributed by atoms with E-state index >= 15 is 0 Å². The molecule has 0 unspecified atom stereocenters. The Bertz CT molecular complexity index is 470. The van der Waals surface area contributed by atoms with Gasteiger partial charge < -0.3 is 15.2 Å². The van der Waals surface area contributed by atoms with Crippen LogP contribution < -0.4 is 15.2 Å². The molecule has 104 valence electrons. The summed E-state index contributed by atoms with van der Waals surface area (Å²) in [5.74, 6) is 0.935. The van der Waals surface area contributed by atoms with Crippen molar-refractivity contribution < 1.29 is 14.3 Å². The van der Waals surface area contributed by atoms with E-state index in [0.29, 0.717) is 21.5 Å². The van der Waals surface area contributed by atoms with E-state index in [9.17, 15) is 4.79 Å². The smallest absolute Gasteiger partial charge is 0.181 e. The Morgan fingerprint density at radius 1 is 1.42 bits per heavy atom. The highest BCUT2D eigenvalue weighted by atomic mass is 79.9. The van der Waals surface area contributed by atoms with E-state index in [-0.39, 0.29) is 18.4 Å². The molecular formula is C14H18BrNO3. The molecular weight excluding hydrogens is 310 g/mol. The van der Waals surface area contributed by atoms with E-state index in [2.05, 4.69) is 15.9 Å². The molecule has 1 aliphatic carbocycles. The highest BCUT2D eigenvalue weighted by Crippen LogP contribution is 2.38. The number of hydrogen-bond donors (Lipinski definition) is 1. The monoisotopic (exact) mass is 327 g/mol. The van der Waals surface area contributed by atoms with Crippen LogP contribution in [0.2, 0.25) is 0 Å². The molecule has 0 bridgehead atoms. The number of ether oxygens (including phenoxy) is 2. The molecule has 1 saturated carbocycles. The average Bonchev–Trinajstić information content (AvgIpc) is 2.91. The van der Waals surface area contributed by atoms with Gasteiger partial charge in [0.05, 0.1) is 25.3 Å². The minimum absolute atomic E-state index is 0.0488. The molecule has 0 radical (unpaired) electrons. The first-order valence-electron chi connectivity index (χ1n) is 6.43. The van der Waals surface area contributed by atoms with Crippen LogP contribution in [0.3, 0.4) is 0 Å². The van der Waals surface area contributed by atoms with Crippen molar-refractivity contribution in [3.05, 3.63) is 22.2 Å². The van der Waals surface area contributed by atoms with E-state index in [1.807, 2.05) is 0 Å². The first kappa shape index (κ1) is 14.3. The summed E-state index contributed by atoms with van der Waals surface area (Å²) >= 11 is 3.39. The third-order valence-corrected chi connectivity index (χ3v) is 4.00. The fourth-order valence-electron chi connectivity index (χ4n) is 2.35. The average molecular weight is 328 g/mol. The van der Waals surface area contributed by atoms with Crippen LogP contribution in [0.5, 0.6) is 11.5 Å². The van der Waals surface area contributed by atoms with Gasteiger partial charge in [0.25, 0.3) is 0 Å². The topological polar surface area (TPSA) is 61.5 Å². The summed E-state index contributed by atoms with van der Waals surface area (Å²) in [6.07, 6.45) is 4.53. The van der Waals surface area contributed by atoms with Gasteiger partial charge in [0, 0.05) is 4.47 Å². The first-order valence-corrected chi connectivity index (χ1v) is 7.23. The molecule has 0 aromatic heterocycles. The van der Waals surface area contributed by atoms with Crippen LogP contribution in [0, 0.1) is 0 Å². The highest BCUT2D eigenvalue weighted by Gasteiger charge is 2.24. The van der Waals surface area contributed by atoms with Crippen LogP contribution in [0.4, 0.5) is 0 Å². The molecule has 0 spiro atoms. The number of halogens is 1. The minimum atomic E-state index is -0.154. The SMILES string of the molecule is COc1ccc(Br)c(C(=O)CN)c1OC1CCCC1. The first-order chi connectivity index (χ1) is 9.17. The molecule has 1 aliphatic rings. The highest BCUT2D eigenvalue weighted by molar-refractivity contribution is 9.10. The zero-order valence-electron chi connectivity index (χ0n) is 10.9. The van der Waals surface area contributed by atoms with Crippen LogP contribution in [-0.4, -0.2) is 25.5 Å². The lowest BCUT2D eigenvalue weighted by Gasteiger charge is -2.19. The maximum atomic E-state index is 12.0. The lowest BCUT2D eigenvalue weighted by Crippen LogP contribution is -2.19. The molecule has 4 nitrogen and oxygen atoms in total. The number of nitrogens with two attached hydrogens (primary N) is 1. The van der Waals surface area contributed by atoms with Crippen LogP contribution >= 0.6 is 15.9 Å². The standard InChI is InChI=1S/C14H18BrNO3/c1-18-12-7-6-10(15)13(11(17)8-16)14(12)19-9-4-2-3-5-9/h6-7,9H,2-5,8,16H2,1H3. The van der Waals surface area contributed by atoms with Gasteiger partial charge in [0.15, 0.2) is 17.3 Å². The van der Waals surface area contributed by atoms with E-state index < -0.39 is 0 Å².